The van der Waals surface area contributed by atoms with Gasteiger partial charge in [0.05, 0.1) is 19.0 Å². The molecule has 11 heavy (non-hydrogen) atoms. The van der Waals surface area contributed by atoms with Gasteiger partial charge < -0.3 is 4.74 Å². The summed E-state index contributed by atoms with van der Waals surface area (Å²) in [5.74, 6) is 0.0696. The van der Waals surface area contributed by atoms with Gasteiger partial charge >= 0.3 is 0 Å². The molecular formula is C8H9FNO. The van der Waals surface area contributed by atoms with E-state index in [-0.39, 0.29) is 5.82 Å². The molecule has 0 aliphatic heterocycles. The SMILES string of the molecule is [CH2]CCOc1cncc(F)c1. The summed E-state index contributed by atoms with van der Waals surface area (Å²) < 4.78 is 17.5. The zero-order valence-corrected chi connectivity index (χ0v) is 6.09. The number of pyridine rings is 1. The quantitative estimate of drug-likeness (QED) is 0.662. The monoisotopic (exact) mass is 154 g/mol. The molecule has 0 aliphatic rings. The minimum absolute atomic E-state index is 0.383. The Hall–Kier alpha value is -1.12. The number of nitrogens with zero attached hydrogens (tertiary/aromatic N) is 1. The standard InChI is InChI=1S/C8H9FNO/c1-2-3-11-8-4-7(9)5-10-6-8/h4-6H,1-3H2. The van der Waals surface area contributed by atoms with Gasteiger partial charge in [-0.15, -0.1) is 0 Å². The Morgan fingerprint density at radius 2 is 2.36 bits per heavy atom. The first-order valence-electron chi connectivity index (χ1n) is 3.35. The molecule has 1 radical (unpaired) electrons. The topological polar surface area (TPSA) is 22.1 Å². The minimum atomic E-state index is -0.383. The Labute approximate surface area is 65.0 Å². The molecule has 0 spiro atoms. The number of rotatable bonds is 3. The molecule has 59 valence electrons. The van der Waals surface area contributed by atoms with E-state index in [2.05, 4.69) is 11.9 Å². The number of halogens is 1. The maximum absolute atomic E-state index is 12.4. The van der Waals surface area contributed by atoms with E-state index in [1.807, 2.05) is 0 Å². The van der Waals surface area contributed by atoms with Gasteiger partial charge in [0, 0.05) is 6.07 Å². The molecule has 0 aliphatic carbocycles. The van der Waals surface area contributed by atoms with Gasteiger partial charge in [0.25, 0.3) is 0 Å². The van der Waals surface area contributed by atoms with E-state index >= 15 is 0 Å². The summed E-state index contributed by atoms with van der Waals surface area (Å²) in [5, 5.41) is 0. The zero-order chi connectivity index (χ0) is 8.10. The van der Waals surface area contributed by atoms with Crippen LogP contribution >= 0.6 is 0 Å². The van der Waals surface area contributed by atoms with Crippen molar-refractivity contribution in [2.24, 2.45) is 0 Å². The van der Waals surface area contributed by atoms with Crippen LogP contribution in [0.2, 0.25) is 0 Å². The average Bonchev–Trinajstić information content (AvgIpc) is 2.01. The number of hydrogen-bond acceptors (Lipinski definition) is 2. The molecule has 0 atom stereocenters. The Bertz CT molecular complexity index is 227. The fraction of sp³-hybridized carbons (Fsp3) is 0.250. The fourth-order valence-electron chi connectivity index (χ4n) is 0.661. The second-order valence-corrected chi connectivity index (χ2v) is 2.04. The van der Waals surface area contributed by atoms with Crippen LogP contribution in [0, 0.1) is 12.7 Å². The van der Waals surface area contributed by atoms with Crippen molar-refractivity contribution in [2.45, 2.75) is 6.42 Å². The molecule has 0 saturated heterocycles. The largest absolute Gasteiger partial charge is 0.492 e. The lowest BCUT2D eigenvalue weighted by Crippen LogP contribution is -1.95. The summed E-state index contributed by atoms with van der Waals surface area (Å²) in [7, 11) is 0. The second kappa shape index (κ2) is 3.91. The summed E-state index contributed by atoms with van der Waals surface area (Å²) in [6, 6.07) is 1.29. The lowest BCUT2D eigenvalue weighted by molar-refractivity contribution is 0.321. The molecule has 1 aromatic heterocycles. The van der Waals surface area contributed by atoms with Gasteiger partial charge in [0.1, 0.15) is 11.6 Å². The normalized spacial score (nSPS) is 9.64. The van der Waals surface area contributed by atoms with Gasteiger partial charge in [0.15, 0.2) is 0 Å². The third kappa shape index (κ3) is 2.53. The molecule has 0 unspecified atom stereocenters. The van der Waals surface area contributed by atoms with Crippen LogP contribution < -0.4 is 4.74 Å². The number of ether oxygens (including phenoxy) is 1. The Morgan fingerprint density at radius 1 is 1.55 bits per heavy atom. The summed E-state index contributed by atoms with van der Waals surface area (Å²) in [5.41, 5.74) is 0. The predicted molar refractivity (Wildman–Crippen MR) is 39.7 cm³/mol. The molecule has 2 nitrogen and oxygen atoms in total. The fourth-order valence-corrected chi connectivity index (χ4v) is 0.661. The lowest BCUT2D eigenvalue weighted by Gasteiger charge is -2.01. The summed E-state index contributed by atoms with van der Waals surface area (Å²) >= 11 is 0. The predicted octanol–water partition coefficient (Wildman–Crippen LogP) is 1.82. The van der Waals surface area contributed by atoms with Gasteiger partial charge in [-0.2, -0.15) is 0 Å². The summed E-state index contributed by atoms with van der Waals surface area (Å²) in [6.45, 7) is 4.08. The summed E-state index contributed by atoms with van der Waals surface area (Å²) in [4.78, 5) is 3.62. The van der Waals surface area contributed by atoms with Crippen LogP contribution in [0.15, 0.2) is 18.5 Å². The first kappa shape index (κ1) is 7.98. The molecule has 0 saturated carbocycles. The van der Waals surface area contributed by atoms with Crippen LogP contribution in [0.3, 0.4) is 0 Å². The smallest absolute Gasteiger partial charge is 0.145 e. The van der Waals surface area contributed by atoms with Gasteiger partial charge in [-0.1, -0.05) is 0 Å². The molecule has 0 amide bonds. The van der Waals surface area contributed by atoms with Crippen LogP contribution in [-0.4, -0.2) is 11.6 Å². The minimum Gasteiger partial charge on any atom is -0.492 e. The van der Waals surface area contributed by atoms with Crippen LogP contribution in [0.25, 0.3) is 0 Å². The van der Waals surface area contributed by atoms with Gasteiger partial charge in [0.2, 0.25) is 0 Å². The molecular weight excluding hydrogens is 145 g/mol. The first-order valence-corrected chi connectivity index (χ1v) is 3.35. The summed E-state index contributed by atoms with van der Waals surface area (Å²) in [6.07, 6.45) is 3.27. The van der Waals surface area contributed by atoms with E-state index < -0.39 is 0 Å². The zero-order valence-electron chi connectivity index (χ0n) is 6.09. The van der Waals surface area contributed by atoms with Gasteiger partial charge in [-0.25, -0.2) is 4.39 Å². The molecule has 1 aromatic rings. The second-order valence-electron chi connectivity index (χ2n) is 2.04. The Morgan fingerprint density at radius 3 is 3.00 bits per heavy atom. The highest BCUT2D eigenvalue weighted by Crippen LogP contribution is 2.09. The third-order valence-corrected chi connectivity index (χ3v) is 1.09. The van der Waals surface area contributed by atoms with Crippen LogP contribution in [0.1, 0.15) is 6.42 Å². The Kier molecular flexibility index (Phi) is 2.83. The average molecular weight is 154 g/mol. The van der Waals surface area contributed by atoms with E-state index in [9.17, 15) is 4.39 Å². The maximum Gasteiger partial charge on any atom is 0.145 e. The molecule has 1 heterocycles. The highest BCUT2D eigenvalue weighted by Gasteiger charge is 1.94. The molecule has 0 N–H and O–H groups in total. The van der Waals surface area contributed by atoms with E-state index in [0.29, 0.717) is 18.8 Å². The van der Waals surface area contributed by atoms with Crippen molar-refractivity contribution in [1.82, 2.24) is 4.98 Å². The van der Waals surface area contributed by atoms with E-state index in [1.165, 1.54) is 12.3 Å². The number of hydrogen-bond donors (Lipinski definition) is 0. The van der Waals surface area contributed by atoms with Crippen molar-refractivity contribution in [1.29, 1.82) is 0 Å². The highest BCUT2D eigenvalue weighted by atomic mass is 19.1. The van der Waals surface area contributed by atoms with Gasteiger partial charge in [-0.3, -0.25) is 4.98 Å². The van der Waals surface area contributed by atoms with Crippen molar-refractivity contribution in [2.75, 3.05) is 6.61 Å². The van der Waals surface area contributed by atoms with Crippen molar-refractivity contribution < 1.29 is 9.13 Å². The van der Waals surface area contributed by atoms with Crippen molar-refractivity contribution in [3.05, 3.63) is 31.2 Å². The van der Waals surface area contributed by atoms with Crippen LogP contribution in [0.5, 0.6) is 5.75 Å². The van der Waals surface area contributed by atoms with E-state index in [0.717, 1.165) is 6.20 Å². The molecule has 0 bridgehead atoms. The molecule has 1 rings (SSSR count). The molecule has 0 aromatic carbocycles. The van der Waals surface area contributed by atoms with E-state index in [1.54, 1.807) is 0 Å². The van der Waals surface area contributed by atoms with Crippen molar-refractivity contribution in [3.63, 3.8) is 0 Å². The van der Waals surface area contributed by atoms with Crippen molar-refractivity contribution in [3.8, 4) is 5.75 Å². The van der Waals surface area contributed by atoms with Crippen molar-refractivity contribution >= 4 is 0 Å². The highest BCUT2D eigenvalue weighted by molar-refractivity contribution is 5.16. The van der Waals surface area contributed by atoms with Crippen LogP contribution in [-0.2, 0) is 0 Å². The maximum atomic E-state index is 12.4. The number of aromatic nitrogens is 1. The van der Waals surface area contributed by atoms with Crippen LogP contribution in [0.4, 0.5) is 4.39 Å². The Balaban J connectivity index is 2.56. The molecule has 0 fully saturated rings. The first-order chi connectivity index (χ1) is 5.33. The third-order valence-electron chi connectivity index (χ3n) is 1.09. The lowest BCUT2D eigenvalue weighted by atomic mass is 10.4. The van der Waals surface area contributed by atoms with Gasteiger partial charge in [-0.05, 0) is 13.3 Å². The molecule has 3 heteroatoms. The van der Waals surface area contributed by atoms with E-state index in [4.69, 9.17) is 4.74 Å².